The van der Waals surface area contributed by atoms with E-state index in [1.54, 1.807) is 0 Å². The molecule has 0 saturated carbocycles. The van der Waals surface area contributed by atoms with E-state index in [-0.39, 0.29) is 23.8 Å². The van der Waals surface area contributed by atoms with Crippen LogP contribution in [0.4, 0.5) is 0 Å². The van der Waals surface area contributed by atoms with E-state index in [1.165, 1.54) is 154 Å². The Labute approximate surface area is 301 Å². The van der Waals surface area contributed by atoms with Crippen LogP contribution in [0.5, 0.6) is 0 Å². The number of esters is 2. The van der Waals surface area contributed by atoms with Crippen LogP contribution in [-0.4, -0.2) is 25.2 Å². The molecule has 0 amide bonds. The van der Waals surface area contributed by atoms with Crippen LogP contribution < -0.4 is 0 Å². The molecule has 286 valence electrons. The largest absolute Gasteiger partial charge is 0.465 e. The van der Waals surface area contributed by atoms with Gasteiger partial charge in [0.1, 0.15) is 0 Å². The third-order valence-corrected chi connectivity index (χ3v) is 10.3. The van der Waals surface area contributed by atoms with Gasteiger partial charge >= 0.3 is 11.9 Å². The van der Waals surface area contributed by atoms with Crippen LogP contribution in [0.15, 0.2) is 0 Å². The van der Waals surface area contributed by atoms with Crippen molar-refractivity contribution in [1.29, 1.82) is 0 Å². The van der Waals surface area contributed by atoms with Gasteiger partial charge in [-0.15, -0.1) is 0 Å². The summed E-state index contributed by atoms with van der Waals surface area (Å²) in [7, 11) is 0. The fourth-order valence-corrected chi connectivity index (χ4v) is 6.96. The van der Waals surface area contributed by atoms with Crippen LogP contribution in [0.2, 0.25) is 0 Å². The van der Waals surface area contributed by atoms with Crippen LogP contribution in [0.25, 0.3) is 0 Å². The first-order chi connectivity index (χ1) is 23.6. The monoisotopic (exact) mass is 679 g/mol. The van der Waals surface area contributed by atoms with Gasteiger partial charge in [-0.25, -0.2) is 0 Å². The Balaban J connectivity index is 4.88. The van der Waals surface area contributed by atoms with Crippen molar-refractivity contribution >= 4 is 11.9 Å². The van der Waals surface area contributed by atoms with Crippen molar-refractivity contribution in [2.45, 2.75) is 246 Å². The van der Waals surface area contributed by atoms with Crippen molar-refractivity contribution in [3.05, 3.63) is 0 Å². The quantitative estimate of drug-likeness (QED) is 0.0479. The van der Waals surface area contributed by atoms with Crippen LogP contribution in [0, 0.1) is 11.8 Å². The van der Waals surface area contributed by atoms with E-state index < -0.39 is 0 Å². The Hall–Kier alpha value is -1.06. The molecule has 0 aromatic rings. The fraction of sp³-hybridized carbons (Fsp3) is 0.955. The maximum Gasteiger partial charge on any atom is 0.309 e. The average molecular weight is 679 g/mol. The standard InChI is InChI=1S/C44H86O4/c1-5-9-13-16-19-21-23-25-27-29-31-34-37-41(43(45)47-39-12-8-4)42(44(46)48-40-36-33-18-15-11-7-3)38-35-32-30-28-26-24-22-20-17-14-10-6-2/h41-42H,5-40H2,1-4H3. The second-order valence-corrected chi connectivity index (χ2v) is 15.0. The van der Waals surface area contributed by atoms with Crippen molar-refractivity contribution < 1.29 is 19.1 Å². The van der Waals surface area contributed by atoms with Crippen molar-refractivity contribution in [3.8, 4) is 0 Å². The Bertz CT molecular complexity index is 662. The lowest BCUT2D eigenvalue weighted by Crippen LogP contribution is -2.33. The molecule has 0 aliphatic heterocycles. The number of hydrogen-bond acceptors (Lipinski definition) is 4. The van der Waals surface area contributed by atoms with Gasteiger partial charge in [0, 0.05) is 0 Å². The summed E-state index contributed by atoms with van der Waals surface area (Å²) in [6, 6.07) is 0. The molecule has 0 aromatic carbocycles. The number of rotatable bonds is 39. The van der Waals surface area contributed by atoms with Crippen molar-refractivity contribution in [2.24, 2.45) is 11.8 Å². The molecule has 0 fully saturated rings. The van der Waals surface area contributed by atoms with Crippen LogP contribution in [0.3, 0.4) is 0 Å². The predicted octanol–water partition coefficient (Wildman–Crippen LogP) is 14.6. The lowest BCUT2D eigenvalue weighted by molar-refractivity contribution is -0.161. The molecule has 0 saturated heterocycles. The van der Waals surface area contributed by atoms with E-state index in [9.17, 15) is 9.59 Å². The molecular weight excluding hydrogens is 592 g/mol. The maximum absolute atomic E-state index is 13.6. The average Bonchev–Trinajstić information content (AvgIpc) is 3.09. The van der Waals surface area contributed by atoms with Gasteiger partial charge in [-0.1, -0.05) is 220 Å². The maximum atomic E-state index is 13.6. The summed E-state index contributed by atoms with van der Waals surface area (Å²) >= 11 is 0. The van der Waals surface area contributed by atoms with Gasteiger partial charge in [0.05, 0.1) is 25.0 Å². The zero-order valence-corrected chi connectivity index (χ0v) is 33.2. The number of carbonyl (C=O) groups is 2. The van der Waals surface area contributed by atoms with Gasteiger partial charge in [-0.3, -0.25) is 9.59 Å². The molecular formula is C44H86O4. The van der Waals surface area contributed by atoms with E-state index in [4.69, 9.17) is 9.47 Å². The third-order valence-electron chi connectivity index (χ3n) is 10.3. The summed E-state index contributed by atoms with van der Waals surface area (Å²) in [5.74, 6) is -1.04. The lowest BCUT2D eigenvalue weighted by Gasteiger charge is -2.25. The molecule has 0 aliphatic rings. The summed E-state index contributed by atoms with van der Waals surface area (Å²) in [4.78, 5) is 27.0. The van der Waals surface area contributed by atoms with Crippen molar-refractivity contribution in [2.75, 3.05) is 13.2 Å². The summed E-state index contributed by atoms with van der Waals surface area (Å²) in [6.45, 7) is 9.85. The highest BCUT2D eigenvalue weighted by Crippen LogP contribution is 2.29. The van der Waals surface area contributed by atoms with Crippen LogP contribution in [0.1, 0.15) is 246 Å². The topological polar surface area (TPSA) is 52.6 Å². The third kappa shape index (κ3) is 31.0. The fourth-order valence-electron chi connectivity index (χ4n) is 6.96. The first kappa shape index (κ1) is 46.9. The molecule has 0 radical (unpaired) electrons. The highest BCUT2D eigenvalue weighted by molar-refractivity contribution is 5.82. The Morgan fingerprint density at radius 1 is 0.312 bits per heavy atom. The Kier molecular flexibility index (Phi) is 37.9. The van der Waals surface area contributed by atoms with Gasteiger partial charge in [0.15, 0.2) is 0 Å². The second kappa shape index (κ2) is 38.7. The summed E-state index contributed by atoms with van der Waals surface area (Å²) in [5, 5.41) is 0. The van der Waals surface area contributed by atoms with Crippen molar-refractivity contribution in [1.82, 2.24) is 0 Å². The van der Waals surface area contributed by atoms with Gasteiger partial charge < -0.3 is 9.47 Å². The SMILES string of the molecule is CCCCCCCCCCCCCCC(C(=O)OCCCC)C(CCCCCCCCCCCCCC)C(=O)OCCCCCCCC. The number of ether oxygens (including phenoxy) is 2. The van der Waals surface area contributed by atoms with E-state index in [0.29, 0.717) is 13.2 Å². The Morgan fingerprint density at radius 2 is 0.542 bits per heavy atom. The second-order valence-electron chi connectivity index (χ2n) is 15.0. The minimum Gasteiger partial charge on any atom is -0.465 e. The molecule has 0 heterocycles. The number of hydrogen-bond donors (Lipinski definition) is 0. The van der Waals surface area contributed by atoms with Gasteiger partial charge in [-0.05, 0) is 25.7 Å². The van der Waals surface area contributed by atoms with Gasteiger partial charge in [-0.2, -0.15) is 0 Å². The molecule has 48 heavy (non-hydrogen) atoms. The molecule has 4 heteroatoms. The normalized spacial score (nSPS) is 12.7. The Morgan fingerprint density at radius 3 is 0.833 bits per heavy atom. The molecule has 4 nitrogen and oxygen atoms in total. The predicted molar refractivity (Wildman–Crippen MR) is 209 cm³/mol. The van der Waals surface area contributed by atoms with E-state index in [0.717, 1.165) is 64.2 Å². The molecule has 0 aromatic heterocycles. The van der Waals surface area contributed by atoms with Gasteiger partial charge in [0.2, 0.25) is 0 Å². The van der Waals surface area contributed by atoms with Crippen LogP contribution in [-0.2, 0) is 19.1 Å². The molecule has 0 rings (SSSR count). The summed E-state index contributed by atoms with van der Waals surface area (Å²) in [5.41, 5.74) is 0. The van der Waals surface area contributed by atoms with Crippen molar-refractivity contribution in [3.63, 3.8) is 0 Å². The highest BCUT2D eigenvalue weighted by atomic mass is 16.5. The highest BCUT2D eigenvalue weighted by Gasteiger charge is 2.35. The summed E-state index contributed by atoms with van der Waals surface area (Å²) in [6.07, 6.45) is 41.5. The molecule has 0 spiro atoms. The van der Waals surface area contributed by atoms with Crippen LogP contribution >= 0.6 is 0 Å². The first-order valence-electron chi connectivity index (χ1n) is 21.9. The minimum absolute atomic E-state index is 0.150. The molecule has 2 unspecified atom stereocenters. The summed E-state index contributed by atoms with van der Waals surface area (Å²) < 4.78 is 11.7. The van der Waals surface area contributed by atoms with Gasteiger partial charge in [0.25, 0.3) is 0 Å². The molecule has 0 N–H and O–H groups in total. The van der Waals surface area contributed by atoms with E-state index >= 15 is 0 Å². The smallest absolute Gasteiger partial charge is 0.309 e. The lowest BCUT2D eigenvalue weighted by atomic mass is 9.83. The first-order valence-corrected chi connectivity index (χ1v) is 21.9. The zero-order chi connectivity index (χ0) is 35.2. The number of carbonyl (C=O) groups excluding carboxylic acids is 2. The molecule has 2 atom stereocenters. The van der Waals surface area contributed by atoms with E-state index in [2.05, 4.69) is 27.7 Å². The minimum atomic E-state index is -0.366. The molecule has 0 bridgehead atoms. The zero-order valence-electron chi connectivity index (χ0n) is 33.2. The number of unbranched alkanes of at least 4 members (excludes halogenated alkanes) is 28. The van der Waals surface area contributed by atoms with E-state index in [1.807, 2.05) is 0 Å². The molecule has 0 aliphatic carbocycles.